The Hall–Kier alpha value is -2.28. The Labute approximate surface area is 186 Å². The van der Waals surface area contributed by atoms with Gasteiger partial charge in [-0.25, -0.2) is 5.43 Å². The van der Waals surface area contributed by atoms with E-state index in [1.165, 1.54) is 6.21 Å². The number of amides is 1. The predicted molar refractivity (Wildman–Crippen MR) is 119 cm³/mol. The van der Waals surface area contributed by atoms with Crippen molar-refractivity contribution in [1.82, 2.24) is 5.43 Å². The molecule has 3 aromatic rings. The van der Waals surface area contributed by atoms with E-state index in [-0.39, 0.29) is 12.5 Å². The Bertz CT molecular complexity index is 1060. The molecule has 0 bridgehead atoms. The van der Waals surface area contributed by atoms with Crippen molar-refractivity contribution in [3.63, 3.8) is 0 Å². The first-order valence-electron chi connectivity index (χ1n) is 8.60. The van der Waals surface area contributed by atoms with E-state index in [2.05, 4.69) is 26.5 Å². The van der Waals surface area contributed by atoms with Crippen LogP contribution in [0.25, 0.3) is 11.3 Å². The minimum atomic E-state index is -0.388. The molecule has 0 saturated carbocycles. The summed E-state index contributed by atoms with van der Waals surface area (Å²) in [6, 6.07) is 12.5. The molecule has 8 heteroatoms. The third-order valence-electron chi connectivity index (χ3n) is 3.93. The van der Waals surface area contributed by atoms with E-state index in [9.17, 15) is 4.79 Å². The van der Waals surface area contributed by atoms with Crippen LogP contribution in [0.1, 0.15) is 16.9 Å². The normalized spacial score (nSPS) is 11.1. The highest BCUT2D eigenvalue weighted by atomic mass is 79.9. The molecular weight excluding hydrogens is 479 g/mol. The zero-order valence-corrected chi connectivity index (χ0v) is 18.7. The number of nitrogens with one attached hydrogen (secondary N) is 1. The summed E-state index contributed by atoms with van der Waals surface area (Å²) >= 11 is 15.5. The first kappa shape index (κ1) is 21.4. The molecule has 0 unspecified atom stereocenters. The Morgan fingerprint density at radius 3 is 2.72 bits per heavy atom. The molecule has 1 heterocycles. The standard InChI is InChI=1S/C21H17BrCl2N2O3/c1-12-7-13(2)21(17(22)8-12)28-11-20(27)26-25-10-15-4-6-19(29-15)16-5-3-14(23)9-18(16)24/h3-10H,11H2,1-2H3,(H,26,27)/b25-10+. The average molecular weight is 496 g/mol. The van der Waals surface area contributed by atoms with Crippen LogP contribution in [0.4, 0.5) is 0 Å². The van der Waals surface area contributed by atoms with Crippen molar-refractivity contribution < 1.29 is 13.9 Å². The van der Waals surface area contributed by atoms with Gasteiger partial charge in [-0.3, -0.25) is 4.79 Å². The number of aryl methyl sites for hydroxylation is 2. The lowest BCUT2D eigenvalue weighted by atomic mass is 10.1. The third kappa shape index (κ3) is 5.63. The summed E-state index contributed by atoms with van der Waals surface area (Å²) in [5.41, 5.74) is 5.17. The van der Waals surface area contributed by atoms with Gasteiger partial charge in [0.2, 0.25) is 0 Å². The van der Waals surface area contributed by atoms with Crippen LogP contribution < -0.4 is 10.2 Å². The number of rotatable bonds is 6. The van der Waals surface area contributed by atoms with Gasteiger partial charge in [0.25, 0.3) is 5.91 Å². The number of nitrogens with zero attached hydrogens (tertiary/aromatic N) is 1. The molecule has 0 aliphatic carbocycles. The second kappa shape index (κ2) is 9.48. The molecule has 0 atom stereocenters. The van der Waals surface area contributed by atoms with Gasteiger partial charge in [0, 0.05) is 10.6 Å². The van der Waals surface area contributed by atoms with Gasteiger partial charge in [-0.2, -0.15) is 5.10 Å². The number of benzene rings is 2. The topological polar surface area (TPSA) is 63.8 Å². The van der Waals surface area contributed by atoms with Gasteiger partial charge in [-0.1, -0.05) is 29.3 Å². The maximum Gasteiger partial charge on any atom is 0.277 e. The molecule has 0 aliphatic rings. The molecule has 29 heavy (non-hydrogen) atoms. The zero-order chi connectivity index (χ0) is 21.0. The summed E-state index contributed by atoms with van der Waals surface area (Å²) in [5.74, 6) is 1.28. The number of hydrogen-bond acceptors (Lipinski definition) is 4. The molecule has 150 valence electrons. The Balaban J connectivity index is 1.56. The van der Waals surface area contributed by atoms with Crippen molar-refractivity contribution >= 4 is 51.3 Å². The van der Waals surface area contributed by atoms with Crippen LogP contribution in [-0.4, -0.2) is 18.7 Å². The van der Waals surface area contributed by atoms with Crippen molar-refractivity contribution in [3.8, 4) is 17.1 Å². The highest BCUT2D eigenvalue weighted by Gasteiger charge is 2.10. The summed E-state index contributed by atoms with van der Waals surface area (Å²) in [4.78, 5) is 12.0. The van der Waals surface area contributed by atoms with Gasteiger partial charge < -0.3 is 9.15 Å². The predicted octanol–water partition coefficient (Wildman–Crippen LogP) is 6.16. The van der Waals surface area contributed by atoms with Crippen molar-refractivity contribution in [3.05, 3.63) is 73.9 Å². The number of hydrazone groups is 1. The molecule has 0 saturated heterocycles. The number of ether oxygens (including phenoxy) is 1. The SMILES string of the molecule is Cc1cc(C)c(OCC(=O)N/N=C/c2ccc(-c3ccc(Cl)cc3Cl)o2)c(Br)c1. The Morgan fingerprint density at radius 2 is 2.00 bits per heavy atom. The van der Waals surface area contributed by atoms with Crippen molar-refractivity contribution in [1.29, 1.82) is 0 Å². The lowest BCUT2D eigenvalue weighted by molar-refractivity contribution is -0.123. The second-order valence-corrected chi connectivity index (χ2v) is 8.00. The molecule has 0 radical (unpaired) electrons. The summed E-state index contributed by atoms with van der Waals surface area (Å²) in [5, 5.41) is 4.92. The summed E-state index contributed by atoms with van der Waals surface area (Å²) < 4.78 is 12.1. The molecule has 0 spiro atoms. The molecular formula is C21H17BrCl2N2O3. The van der Waals surface area contributed by atoms with Gasteiger partial charge in [0.05, 0.1) is 15.7 Å². The van der Waals surface area contributed by atoms with E-state index in [0.29, 0.717) is 32.9 Å². The van der Waals surface area contributed by atoms with Crippen LogP contribution in [0.5, 0.6) is 5.75 Å². The quantitative estimate of drug-likeness (QED) is 0.329. The van der Waals surface area contributed by atoms with Crippen LogP contribution in [0, 0.1) is 13.8 Å². The number of carbonyl (C=O) groups is 1. The second-order valence-electron chi connectivity index (χ2n) is 6.30. The largest absolute Gasteiger partial charge is 0.482 e. The van der Waals surface area contributed by atoms with Gasteiger partial charge >= 0.3 is 0 Å². The third-order valence-corrected chi connectivity index (χ3v) is 5.06. The molecule has 1 aromatic heterocycles. The monoisotopic (exact) mass is 494 g/mol. The number of furan rings is 1. The first-order chi connectivity index (χ1) is 13.8. The van der Waals surface area contributed by atoms with E-state index >= 15 is 0 Å². The van der Waals surface area contributed by atoms with Gasteiger partial charge in [0.1, 0.15) is 17.3 Å². The van der Waals surface area contributed by atoms with Crippen LogP contribution in [0.15, 0.2) is 56.5 Å². The highest BCUT2D eigenvalue weighted by molar-refractivity contribution is 9.10. The highest BCUT2D eigenvalue weighted by Crippen LogP contribution is 2.31. The maximum atomic E-state index is 12.0. The van der Waals surface area contributed by atoms with Gasteiger partial charge in [-0.05, 0) is 77.3 Å². The zero-order valence-electron chi connectivity index (χ0n) is 15.6. The van der Waals surface area contributed by atoms with E-state index in [1.54, 1.807) is 30.3 Å². The van der Waals surface area contributed by atoms with Crippen LogP contribution in [-0.2, 0) is 4.79 Å². The van der Waals surface area contributed by atoms with Gasteiger partial charge in [0.15, 0.2) is 6.61 Å². The van der Waals surface area contributed by atoms with Crippen LogP contribution in [0.2, 0.25) is 10.0 Å². The minimum absolute atomic E-state index is 0.163. The van der Waals surface area contributed by atoms with Crippen LogP contribution >= 0.6 is 39.1 Å². The molecule has 2 aromatic carbocycles. The van der Waals surface area contributed by atoms with Gasteiger partial charge in [-0.15, -0.1) is 0 Å². The summed E-state index contributed by atoms with van der Waals surface area (Å²) in [6.45, 7) is 3.75. The average Bonchev–Trinajstić information content (AvgIpc) is 3.09. The molecule has 1 amide bonds. The summed E-state index contributed by atoms with van der Waals surface area (Å²) in [7, 11) is 0. The molecule has 5 nitrogen and oxygen atoms in total. The first-order valence-corrected chi connectivity index (χ1v) is 10.1. The molecule has 0 fully saturated rings. The number of hydrogen-bond donors (Lipinski definition) is 1. The lowest BCUT2D eigenvalue weighted by Gasteiger charge is -2.11. The fourth-order valence-corrected chi connectivity index (χ4v) is 3.97. The van der Waals surface area contributed by atoms with Crippen molar-refractivity contribution in [2.75, 3.05) is 6.61 Å². The fourth-order valence-electron chi connectivity index (χ4n) is 2.68. The van der Waals surface area contributed by atoms with Crippen LogP contribution in [0.3, 0.4) is 0 Å². The summed E-state index contributed by atoms with van der Waals surface area (Å²) in [6.07, 6.45) is 1.40. The maximum absolute atomic E-state index is 12.0. The molecule has 0 aliphatic heterocycles. The van der Waals surface area contributed by atoms with E-state index in [1.807, 2.05) is 26.0 Å². The number of carbonyl (C=O) groups excluding carboxylic acids is 1. The number of halogens is 3. The Morgan fingerprint density at radius 1 is 1.21 bits per heavy atom. The Kier molecular flexibility index (Phi) is 7.00. The van der Waals surface area contributed by atoms with Crippen molar-refractivity contribution in [2.24, 2.45) is 5.10 Å². The smallest absolute Gasteiger partial charge is 0.277 e. The molecule has 3 rings (SSSR count). The van der Waals surface area contributed by atoms with E-state index in [0.717, 1.165) is 15.6 Å². The lowest BCUT2D eigenvalue weighted by Crippen LogP contribution is -2.24. The molecule has 1 N–H and O–H groups in total. The van der Waals surface area contributed by atoms with E-state index < -0.39 is 0 Å². The minimum Gasteiger partial charge on any atom is -0.482 e. The van der Waals surface area contributed by atoms with Crippen molar-refractivity contribution in [2.45, 2.75) is 13.8 Å². The van der Waals surface area contributed by atoms with E-state index in [4.69, 9.17) is 32.4 Å². The fraction of sp³-hybridized carbons (Fsp3) is 0.143.